The molecule has 0 atom stereocenters. The van der Waals surface area contributed by atoms with Crippen molar-refractivity contribution in [1.29, 1.82) is 0 Å². The van der Waals surface area contributed by atoms with Crippen LogP contribution in [0.2, 0.25) is 0 Å². The van der Waals surface area contributed by atoms with Crippen LogP contribution in [0, 0.1) is 17.6 Å². The van der Waals surface area contributed by atoms with E-state index in [-0.39, 0.29) is 17.0 Å². The Bertz CT molecular complexity index is 1040. The molecule has 30 heavy (non-hydrogen) atoms. The third-order valence-electron chi connectivity index (χ3n) is 5.50. The minimum atomic E-state index is -4.98. The van der Waals surface area contributed by atoms with Gasteiger partial charge in [-0.2, -0.15) is 13.2 Å². The normalized spacial score (nSPS) is 22.8. The SMILES string of the molecule is C[C@]1(O)CC[C@@H](CS(=O)(=O)c2ccc(-c3ccc(F)cc3F)cc2C(F)(F)F)CC1. The van der Waals surface area contributed by atoms with Gasteiger partial charge in [-0.25, -0.2) is 17.2 Å². The molecule has 0 unspecified atom stereocenters. The molecule has 0 saturated heterocycles. The van der Waals surface area contributed by atoms with E-state index in [0.29, 0.717) is 37.8 Å². The fraction of sp³-hybridized carbons (Fsp3) is 0.429. The van der Waals surface area contributed by atoms with Crippen molar-refractivity contribution in [2.75, 3.05) is 5.75 Å². The standard InChI is InChI=1S/C21H21F5O3S/c1-20(27)8-6-13(7-9-20)12-30(28,29)19-5-2-14(10-17(19)21(24,25)26)16-4-3-15(22)11-18(16)23/h2-5,10-11,13,27H,6-9,12H2,1H3/t13-,20+. The zero-order valence-electron chi connectivity index (χ0n) is 16.1. The summed E-state index contributed by atoms with van der Waals surface area (Å²) in [5.41, 5.74) is -2.74. The lowest BCUT2D eigenvalue weighted by atomic mass is 9.81. The monoisotopic (exact) mass is 448 g/mol. The first kappa shape index (κ1) is 22.7. The number of alkyl halides is 3. The van der Waals surface area contributed by atoms with Gasteiger partial charge in [0.2, 0.25) is 0 Å². The van der Waals surface area contributed by atoms with Crippen molar-refractivity contribution >= 4 is 9.84 Å². The van der Waals surface area contributed by atoms with E-state index in [2.05, 4.69) is 0 Å². The molecule has 1 aliphatic carbocycles. The molecule has 0 amide bonds. The Balaban J connectivity index is 1.98. The third-order valence-corrected chi connectivity index (χ3v) is 7.44. The first-order valence-electron chi connectivity index (χ1n) is 9.40. The molecule has 1 N–H and O–H groups in total. The minimum Gasteiger partial charge on any atom is -0.390 e. The summed E-state index contributed by atoms with van der Waals surface area (Å²) in [6.07, 6.45) is -3.44. The van der Waals surface area contributed by atoms with E-state index in [4.69, 9.17) is 0 Å². The Hall–Kier alpha value is -2.00. The van der Waals surface area contributed by atoms with E-state index in [1.807, 2.05) is 0 Å². The van der Waals surface area contributed by atoms with E-state index in [9.17, 15) is 35.5 Å². The van der Waals surface area contributed by atoms with Gasteiger partial charge in [0.1, 0.15) is 11.6 Å². The molecule has 9 heteroatoms. The maximum absolute atomic E-state index is 14.0. The zero-order valence-corrected chi connectivity index (χ0v) is 17.0. The molecule has 1 aliphatic rings. The molecule has 3 nitrogen and oxygen atoms in total. The number of sulfone groups is 1. The summed E-state index contributed by atoms with van der Waals surface area (Å²) in [4.78, 5) is -0.862. The number of rotatable bonds is 4. The van der Waals surface area contributed by atoms with Gasteiger partial charge in [0.15, 0.2) is 9.84 Å². The van der Waals surface area contributed by atoms with Crippen LogP contribution in [0.25, 0.3) is 11.1 Å². The van der Waals surface area contributed by atoms with Gasteiger partial charge in [0.25, 0.3) is 0 Å². The molecule has 1 saturated carbocycles. The Kier molecular flexibility index (Phi) is 5.99. The zero-order chi connectivity index (χ0) is 22.3. The van der Waals surface area contributed by atoms with Gasteiger partial charge in [0.05, 0.1) is 21.8 Å². The topological polar surface area (TPSA) is 54.4 Å². The van der Waals surface area contributed by atoms with E-state index in [1.165, 1.54) is 0 Å². The number of aliphatic hydroxyl groups is 1. The number of hydrogen-bond donors (Lipinski definition) is 1. The smallest absolute Gasteiger partial charge is 0.390 e. The van der Waals surface area contributed by atoms with Gasteiger partial charge in [-0.15, -0.1) is 0 Å². The molecule has 3 rings (SSSR count). The molecule has 0 aromatic heterocycles. The van der Waals surface area contributed by atoms with Gasteiger partial charge in [-0.3, -0.25) is 0 Å². The molecule has 164 valence electrons. The van der Waals surface area contributed by atoms with Crippen molar-refractivity contribution in [3.63, 3.8) is 0 Å². The van der Waals surface area contributed by atoms with Gasteiger partial charge in [0, 0.05) is 11.6 Å². The van der Waals surface area contributed by atoms with Crippen LogP contribution in [0.4, 0.5) is 22.0 Å². The molecule has 0 radical (unpaired) electrons. The van der Waals surface area contributed by atoms with E-state index < -0.39 is 49.5 Å². The molecule has 0 bridgehead atoms. The average Bonchev–Trinajstić information content (AvgIpc) is 2.62. The van der Waals surface area contributed by atoms with Crippen molar-refractivity contribution in [2.45, 2.75) is 49.3 Å². The first-order chi connectivity index (χ1) is 13.8. The summed E-state index contributed by atoms with van der Waals surface area (Å²) >= 11 is 0. The largest absolute Gasteiger partial charge is 0.417 e. The maximum atomic E-state index is 14.0. The number of hydrogen-bond acceptors (Lipinski definition) is 3. The van der Waals surface area contributed by atoms with E-state index in [1.54, 1.807) is 6.92 Å². The molecular formula is C21H21F5O3S. The molecule has 0 heterocycles. The fourth-order valence-corrected chi connectivity index (χ4v) is 5.70. The summed E-state index contributed by atoms with van der Waals surface area (Å²) < 4.78 is 93.7. The Labute approximate surface area is 171 Å². The quantitative estimate of drug-likeness (QED) is 0.641. The van der Waals surface area contributed by atoms with Gasteiger partial charge in [-0.1, -0.05) is 6.07 Å². The highest BCUT2D eigenvalue weighted by molar-refractivity contribution is 7.91. The summed E-state index contributed by atoms with van der Waals surface area (Å²) in [7, 11) is -4.28. The Morgan fingerprint density at radius 1 is 1.07 bits per heavy atom. The van der Waals surface area contributed by atoms with Crippen molar-refractivity contribution < 1.29 is 35.5 Å². The predicted octanol–water partition coefficient (Wildman–Crippen LogP) is 5.37. The molecule has 0 spiro atoms. The lowest BCUT2D eigenvalue weighted by Crippen LogP contribution is -2.33. The van der Waals surface area contributed by atoms with Crippen LogP contribution in [0.3, 0.4) is 0 Å². The van der Waals surface area contributed by atoms with Crippen LogP contribution in [0.15, 0.2) is 41.3 Å². The Morgan fingerprint density at radius 2 is 1.70 bits per heavy atom. The van der Waals surface area contributed by atoms with Crippen LogP contribution in [-0.4, -0.2) is 24.9 Å². The highest BCUT2D eigenvalue weighted by Crippen LogP contribution is 2.39. The maximum Gasteiger partial charge on any atom is 0.417 e. The Morgan fingerprint density at radius 3 is 2.27 bits per heavy atom. The summed E-state index contributed by atoms with van der Waals surface area (Å²) in [5, 5.41) is 9.98. The highest BCUT2D eigenvalue weighted by Gasteiger charge is 2.39. The summed E-state index contributed by atoms with van der Waals surface area (Å²) in [6.45, 7) is 1.65. The fourth-order valence-electron chi connectivity index (χ4n) is 3.78. The average molecular weight is 448 g/mol. The van der Waals surface area contributed by atoms with Crippen LogP contribution in [-0.2, 0) is 16.0 Å². The molecular weight excluding hydrogens is 427 g/mol. The second-order valence-corrected chi connectivity index (χ2v) is 10.1. The first-order valence-corrected chi connectivity index (χ1v) is 11.1. The number of halogens is 5. The van der Waals surface area contributed by atoms with Crippen LogP contribution in [0.5, 0.6) is 0 Å². The van der Waals surface area contributed by atoms with Crippen molar-refractivity contribution in [3.8, 4) is 11.1 Å². The lowest BCUT2D eigenvalue weighted by Gasteiger charge is -2.33. The molecule has 2 aromatic rings. The van der Waals surface area contributed by atoms with Crippen molar-refractivity contribution in [2.24, 2.45) is 5.92 Å². The summed E-state index contributed by atoms with van der Waals surface area (Å²) in [5.74, 6) is -2.74. The second-order valence-electron chi connectivity index (χ2n) is 8.05. The number of benzene rings is 2. The second kappa shape index (κ2) is 7.92. The van der Waals surface area contributed by atoms with Crippen LogP contribution >= 0.6 is 0 Å². The third kappa shape index (κ3) is 5.00. The summed E-state index contributed by atoms with van der Waals surface area (Å²) in [6, 6.07) is 4.95. The molecule has 2 aromatic carbocycles. The lowest BCUT2D eigenvalue weighted by molar-refractivity contribution is -0.139. The van der Waals surface area contributed by atoms with Gasteiger partial charge in [-0.05, 0) is 68.4 Å². The van der Waals surface area contributed by atoms with Crippen molar-refractivity contribution in [3.05, 3.63) is 53.6 Å². The van der Waals surface area contributed by atoms with Crippen LogP contribution < -0.4 is 0 Å². The van der Waals surface area contributed by atoms with E-state index >= 15 is 0 Å². The highest BCUT2D eigenvalue weighted by atomic mass is 32.2. The van der Waals surface area contributed by atoms with E-state index in [0.717, 1.165) is 24.3 Å². The predicted molar refractivity (Wildman–Crippen MR) is 101 cm³/mol. The van der Waals surface area contributed by atoms with Crippen molar-refractivity contribution in [1.82, 2.24) is 0 Å². The minimum absolute atomic E-state index is 0.201. The van der Waals surface area contributed by atoms with Gasteiger partial charge >= 0.3 is 6.18 Å². The molecule has 0 aliphatic heterocycles. The van der Waals surface area contributed by atoms with Gasteiger partial charge < -0.3 is 5.11 Å². The molecule has 1 fully saturated rings. The van der Waals surface area contributed by atoms with Crippen LogP contribution in [0.1, 0.15) is 38.2 Å².